The molecule has 0 radical (unpaired) electrons. The molecule has 0 saturated heterocycles. The van der Waals surface area contributed by atoms with Crippen LogP contribution < -0.4 is 0 Å². The molecule has 0 spiro atoms. The number of nitrogens with zero attached hydrogens (tertiary/aromatic N) is 3. The Kier molecular flexibility index (Phi) is 3.74. The van der Waals surface area contributed by atoms with Crippen LogP contribution in [-0.4, -0.2) is 9.38 Å². The van der Waals surface area contributed by atoms with Gasteiger partial charge in [0, 0.05) is 23.2 Å². The Morgan fingerprint density at radius 2 is 2.22 bits per heavy atom. The van der Waals surface area contributed by atoms with Gasteiger partial charge in [0.2, 0.25) is 0 Å². The van der Waals surface area contributed by atoms with Gasteiger partial charge < -0.3 is 4.40 Å². The van der Waals surface area contributed by atoms with Crippen molar-refractivity contribution in [3.8, 4) is 6.07 Å². The highest BCUT2D eigenvalue weighted by molar-refractivity contribution is 8.00. The molecular formula is C17H10ClN3S2. The molecule has 0 amide bonds. The van der Waals surface area contributed by atoms with Crippen LogP contribution in [0, 0.1) is 11.3 Å². The van der Waals surface area contributed by atoms with E-state index in [1.54, 1.807) is 23.1 Å². The number of thiazole rings is 1. The molecule has 0 fully saturated rings. The number of aromatic nitrogens is 2. The number of rotatable bonds is 3. The Hall–Kier alpha value is -2.00. The predicted octanol–water partition coefficient (Wildman–Crippen LogP) is 5.37. The quantitative estimate of drug-likeness (QED) is 0.464. The first-order valence-corrected chi connectivity index (χ1v) is 9.10. The molecule has 4 rings (SSSR count). The minimum Gasteiger partial charge on any atom is -0.322 e. The summed E-state index contributed by atoms with van der Waals surface area (Å²) in [6.45, 7) is 0. The summed E-state index contributed by atoms with van der Waals surface area (Å²) in [7, 11) is 0. The van der Waals surface area contributed by atoms with Gasteiger partial charge in [-0.05, 0) is 35.9 Å². The smallest absolute Gasteiger partial charge is 0.151 e. The largest absolute Gasteiger partial charge is 0.322 e. The molecule has 0 atom stereocenters. The van der Waals surface area contributed by atoms with E-state index in [0.29, 0.717) is 5.02 Å². The predicted molar refractivity (Wildman–Crippen MR) is 96.3 cm³/mol. The van der Waals surface area contributed by atoms with E-state index in [1.165, 1.54) is 0 Å². The maximum atomic E-state index is 9.45. The molecule has 4 aromatic rings. The molecule has 0 aliphatic rings. The molecule has 6 heteroatoms. The van der Waals surface area contributed by atoms with E-state index in [4.69, 9.17) is 11.6 Å². The van der Waals surface area contributed by atoms with E-state index in [-0.39, 0.29) is 0 Å². The second-order valence-corrected chi connectivity index (χ2v) is 7.70. The zero-order valence-electron chi connectivity index (χ0n) is 11.9. The van der Waals surface area contributed by atoms with E-state index < -0.39 is 0 Å². The van der Waals surface area contributed by atoms with E-state index in [9.17, 15) is 5.26 Å². The van der Waals surface area contributed by atoms with Gasteiger partial charge in [-0.2, -0.15) is 5.26 Å². The van der Waals surface area contributed by atoms with E-state index in [2.05, 4.69) is 11.1 Å². The Morgan fingerprint density at radius 1 is 1.30 bits per heavy atom. The fourth-order valence-electron chi connectivity index (χ4n) is 2.50. The zero-order valence-corrected chi connectivity index (χ0v) is 14.3. The molecule has 0 aliphatic heterocycles. The summed E-state index contributed by atoms with van der Waals surface area (Å²) in [6.07, 6.45) is 3.98. The number of hydrogen-bond acceptors (Lipinski definition) is 4. The zero-order chi connectivity index (χ0) is 15.8. The highest BCUT2D eigenvalue weighted by atomic mass is 35.5. The lowest BCUT2D eigenvalue weighted by Gasteiger charge is -1.95. The highest BCUT2D eigenvalue weighted by Crippen LogP contribution is 2.33. The van der Waals surface area contributed by atoms with Gasteiger partial charge >= 0.3 is 0 Å². The van der Waals surface area contributed by atoms with Gasteiger partial charge in [-0.3, -0.25) is 0 Å². The first-order valence-electron chi connectivity index (χ1n) is 6.92. The third-order valence-corrected chi connectivity index (χ3v) is 6.02. The van der Waals surface area contributed by atoms with Gasteiger partial charge in [-0.1, -0.05) is 29.4 Å². The van der Waals surface area contributed by atoms with E-state index in [1.807, 2.05) is 53.2 Å². The molecule has 112 valence electrons. The van der Waals surface area contributed by atoms with Crippen LogP contribution in [0.3, 0.4) is 0 Å². The van der Waals surface area contributed by atoms with Crippen molar-refractivity contribution in [3.63, 3.8) is 0 Å². The van der Waals surface area contributed by atoms with Gasteiger partial charge in [-0.15, -0.1) is 11.3 Å². The Labute approximate surface area is 146 Å². The molecule has 0 unspecified atom stereocenters. The first kappa shape index (κ1) is 14.6. The van der Waals surface area contributed by atoms with Crippen LogP contribution >= 0.6 is 34.7 Å². The number of pyridine rings is 1. The second-order valence-electron chi connectivity index (χ2n) is 5.01. The van der Waals surface area contributed by atoms with Gasteiger partial charge in [0.15, 0.2) is 4.34 Å². The molecule has 3 nitrogen and oxygen atoms in total. The number of thioether (sulfide) groups is 1. The maximum absolute atomic E-state index is 9.45. The summed E-state index contributed by atoms with van der Waals surface area (Å²) < 4.78 is 4.10. The number of fused-ring (bicyclic) bond motifs is 2. The van der Waals surface area contributed by atoms with Gasteiger partial charge in [0.05, 0.1) is 21.3 Å². The van der Waals surface area contributed by atoms with Crippen molar-refractivity contribution in [1.82, 2.24) is 9.38 Å². The third kappa shape index (κ3) is 2.70. The van der Waals surface area contributed by atoms with Crippen molar-refractivity contribution in [2.24, 2.45) is 0 Å². The van der Waals surface area contributed by atoms with Crippen molar-refractivity contribution in [1.29, 1.82) is 5.26 Å². The van der Waals surface area contributed by atoms with Crippen molar-refractivity contribution in [2.45, 2.75) is 10.1 Å². The topological polar surface area (TPSA) is 41.1 Å². The number of hydrogen-bond donors (Lipinski definition) is 0. The van der Waals surface area contributed by atoms with Crippen molar-refractivity contribution >= 4 is 50.4 Å². The van der Waals surface area contributed by atoms with Gasteiger partial charge in [0.1, 0.15) is 6.07 Å². The van der Waals surface area contributed by atoms with Crippen LogP contribution in [0.4, 0.5) is 0 Å². The first-order chi connectivity index (χ1) is 11.2. The molecule has 0 saturated carbocycles. The monoisotopic (exact) mass is 355 g/mol. The molecule has 0 N–H and O–H groups in total. The minimum atomic E-state index is 0.699. The van der Waals surface area contributed by atoms with Crippen molar-refractivity contribution in [3.05, 3.63) is 64.9 Å². The summed E-state index contributed by atoms with van der Waals surface area (Å²) in [6, 6.07) is 13.9. The lowest BCUT2D eigenvalue weighted by atomic mass is 10.2. The third-order valence-electron chi connectivity index (χ3n) is 3.56. The lowest BCUT2D eigenvalue weighted by Crippen LogP contribution is -1.81. The second kappa shape index (κ2) is 5.89. The highest BCUT2D eigenvalue weighted by Gasteiger charge is 2.12. The Morgan fingerprint density at radius 3 is 3.09 bits per heavy atom. The summed E-state index contributed by atoms with van der Waals surface area (Å²) in [5, 5.41) is 10.1. The SMILES string of the molecule is N#Cc1c(CSc2nc3cc(Cl)ccc3s2)cn2ccccc12. The normalized spacial score (nSPS) is 11.1. The molecule has 0 bridgehead atoms. The standard InChI is InChI=1S/C17H10ClN3S2/c18-12-4-5-16-14(7-12)20-17(23-16)22-10-11-9-21-6-2-1-3-15(21)13(11)8-19/h1-7,9H,10H2. The Balaban J connectivity index is 1.64. The van der Waals surface area contributed by atoms with Crippen LogP contribution in [0.25, 0.3) is 15.7 Å². The van der Waals surface area contributed by atoms with Crippen LogP contribution in [0.15, 0.2) is 53.1 Å². The van der Waals surface area contributed by atoms with Crippen LogP contribution in [0.5, 0.6) is 0 Å². The van der Waals surface area contributed by atoms with Crippen molar-refractivity contribution in [2.75, 3.05) is 0 Å². The fraction of sp³-hybridized carbons (Fsp3) is 0.0588. The molecular weight excluding hydrogens is 346 g/mol. The summed E-state index contributed by atoms with van der Waals surface area (Å²) in [5.41, 5.74) is 3.64. The van der Waals surface area contributed by atoms with Gasteiger partial charge in [0.25, 0.3) is 0 Å². The summed E-state index contributed by atoms with van der Waals surface area (Å²) in [5.74, 6) is 0.720. The van der Waals surface area contributed by atoms with Gasteiger partial charge in [-0.25, -0.2) is 4.98 Å². The van der Waals surface area contributed by atoms with Crippen LogP contribution in [0.1, 0.15) is 11.1 Å². The molecule has 0 aliphatic carbocycles. The maximum Gasteiger partial charge on any atom is 0.151 e. The minimum absolute atomic E-state index is 0.699. The molecule has 3 aromatic heterocycles. The fourth-order valence-corrected chi connectivity index (χ4v) is 4.68. The van der Waals surface area contributed by atoms with E-state index in [0.717, 1.165) is 37.0 Å². The van der Waals surface area contributed by atoms with Crippen molar-refractivity contribution < 1.29 is 0 Å². The van der Waals surface area contributed by atoms with Crippen LogP contribution in [-0.2, 0) is 5.75 Å². The average molecular weight is 356 g/mol. The van der Waals surface area contributed by atoms with E-state index >= 15 is 0 Å². The Bertz CT molecular complexity index is 1060. The summed E-state index contributed by atoms with van der Waals surface area (Å²) in [4.78, 5) is 4.61. The summed E-state index contributed by atoms with van der Waals surface area (Å²) >= 11 is 9.30. The average Bonchev–Trinajstić information content (AvgIpc) is 3.12. The lowest BCUT2D eigenvalue weighted by molar-refractivity contribution is 1.18. The number of nitriles is 1. The number of halogens is 1. The molecule has 23 heavy (non-hydrogen) atoms. The molecule has 1 aromatic carbocycles. The number of benzene rings is 1. The molecule has 3 heterocycles. The van der Waals surface area contributed by atoms with Crippen LogP contribution in [0.2, 0.25) is 5.02 Å².